The van der Waals surface area contributed by atoms with Gasteiger partial charge in [0.15, 0.2) is 0 Å². The van der Waals surface area contributed by atoms with Crippen LogP contribution in [0.2, 0.25) is 0 Å². The van der Waals surface area contributed by atoms with Gasteiger partial charge in [0.25, 0.3) is 0 Å². The Morgan fingerprint density at radius 3 is 1.64 bits per heavy atom. The monoisotopic (exact) mass is 599 g/mol. The molecule has 7 aromatic carbocycles. The van der Waals surface area contributed by atoms with E-state index in [9.17, 15) is 5.26 Å². The van der Waals surface area contributed by atoms with E-state index in [1.54, 1.807) is 0 Å². The quantitative estimate of drug-likeness (QED) is 0.203. The third-order valence-corrected chi connectivity index (χ3v) is 9.57. The van der Waals surface area contributed by atoms with Gasteiger partial charge in [-0.15, -0.1) is 0 Å². The number of aromatic nitrogens is 2. The molecular formula is C43H25N3O. The van der Waals surface area contributed by atoms with Gasteiger partial charge in [-0.25, -0.2) is 0 Å². The predicted molar refractivity (Wildman–Crippen MR) is 193 cm³/mol. The number of hydrogen-bond donors (Lipinski definition) is 0. The average Bonchev–Trinajstić information content (AvgIpc) is 3.78. The third-order valence-electron chi connectivity index (χ3n) is 9.57. The van der Waals surface area contributed by atoms with Crippen molar-refractivity contribution in [2.45, 2.75) is 0 Å². The van der Waals surface area contributed by atoms with E-state index < -0.39 is 0 Å². The Hall–Kier alpha value is -6.57. The largest absolute Gasteiger partial charge is 0.456 e. The van der Waals surface area contributed by atoms with Crippen LogP contribution in [0.25, 0.3) is 88.1 Å². The first-order chi connectivity index (χ1) is 23.3. The highest BCUT2D eigenvalue weighted by Crippen LogP contribution is 2.39. The van der Waals surface area contributed by atoms with E-state index in [1.165, 1.54) is 21.8 Å². The van der Waals surface area contributed by atoms with Gasteiger partial charge in [0, 0.05) is 49.8 Å². The molecule has 0 radical (unpaired) electrons. The van der Waals surface area contributed by atoms with Crippen molar-refractivity contribution in [3.63, 3.8) is 0 Å². The second kappa shape index (κ2) is 9.71. The summed E-state index contributed by atoms with van der Waals surface area (Å²) in [7, 11) is 0. The molecule has 3 aromatic heterocycles. The molecule has 0 saturated heterocycles. The fourth-order valence-corrected chi connectivity index (χ4v) is 7.47. The molecule has 47 heavy (non-hydrogen) atoms. The number of hydrogen-bond acceptors (Lipinski definition) is 2. The first-order valence-corrected chi connectivity index (χ1v) is 15.7. The van der Waals surface area contributed by atoms with Crippen LogP contribution < -0.4 is 0 Å². The Morgan fingerprint density at radius 2 is 0.979 bits per heavy atom. The lowest BCUT2D eigenvalue weighted by Gasteiger charge is -2.12. The average molecular weight is 600 g/mol. The molecule has 0 fully saturated rings. The molecule has 0 amide bonds. The number of para-hydroxylation sites is 4. The second-order valence-electron chi connectivity index (χ2n) is 12.1. The van der Waals surface area contributed by atoms with Crippen LogP contribution in [-0.4, -0.2) is 9.13 Å². The minimum atomic E-state index is 0.628. The van der Waals surface area contributed by atoms with Crippen LogP contribution in [0.15, 0.2) is 156 Å². The molecule has 4 heteroatoms. The first-order valence-electron chi connectivity index (χ1n) is 15.7. The number of furan rings is 1. The molecule has 10 rings (SSSR count). The molecule has 3 heterocycles. The molecule has 0 aliphatic rings. The van der Waals surface area contributed by atoms with E-state index in [2.05, 4.69) is 143 Å². The van der Waals surface area contributed by atoms with Gasteiger partial charge in [-0.3, -0.25) is 0 Å². The van der Waals surface area contributed by atoms with Crippen LogP contribution in [0.1, 0.15) is 5.56 Å². The standard InChI is InChI=1S/C43H25N3O/c44-26-28-23-30(46-40-15-7-3-11-34(40)36-24-37-35-12-4-8-16-42(35)47-43(37)25-41(36)46)21-22-31(28)27-17-19-29(20-18-27)45-38-13-5-1-9-32(38)33-10-2-6-14-39(33)45/h1-25H. The molecule has 10 aromatic rings. The van der Waals surface area contributed by atoms with Crippen LogP contribution in [0, 0.1) is 11.3 Å². The Morgan fingerprint density at radius 1 is 0.426 bits per heavy atom. The van der Waals surface area contributed by atoms with Gasteiger partial charge in [-0.05, 0) is 65.7 Å². The van der Waals surface area contributed by atoms with Crippen LogP contribution in [0.5, 0.6) is 0 Å². The third kappa shape index (κ3) is 3.69. The van der Waals surface area contributed by atoms with Gasteiger partial charge >= 0.3 is 0 Å². The topological polar surface area (TPSA) is 46.8 Å². The van der Waals surface area contributed by atoms with Gasteiger partial charge < -0.3 is 13.6 Å². The van der Waals surface area contributed by atoms with Crippen LogP contribution in [0.4, 0.5) is 0 Å². The summed E-state index contributed by atoms with van der Waals surface area (Å²) in [5.41, 5.74) is 10.8. The summed E-state index contributed by atoms with van der Waals surface area (Å²) in [5.74, 6) is 0. The summed E-state index contributed by atoms with van der Waals surface area (Å²) in [6, 6.07) is 55.3. The molecular weight excluding hydrogens is 574 g/mol. The lowest BCUT2D eigenvalue weighted by molar-refractivity contribution is 0.669. The lowest BCUT2D eigenvalue weighted by Crippen LogP contribution is -1.97. The van der Waals surface area contributed by atoms with E-state index in [4.69, 9.17) is 4.42 Å². The zero-order valence-corrected chi connectivity index (χ0v) is 25.2. The summed E-state index contributed by atoms with van der Waals surface area (Å²) in [6.45, 7) is 0. The minimum absolute atomic E-state index is 0.628. The van der Waals surface area contributed by atoms with Gasteiger partial charge in [-0.2, -0.15) is 5.26 Å². The molecule has 0 atom stereocenters. The Kier molecular flexibility index (Phi) is 5.32. The van der Waals surface area contributed by atoms with Gasteiger partial charge in [-0.1, -0.05) is 91.0 Å². The number of rotatable bonds is 3. The molecule has 4 nitrogen and oxygen atoms in total. The number of benzene rings is 7. The summed E-state index contributed by atoms with van der Waals surface area (Å²) in [6.07, 6.45) is 0. The van der Waals surface area contributed by atoms with Crippen molar-refractivity contribution in [1.29, 1.82) is 5.26 Å². The Bertz CT molecular complexity index is 2860. The van der Waals surface area contributed by atoms with E-state index in [-0.39, 0.29) is 0 Å². The molecule has 0 aliphatic carbocycles. The zero-order chi connectivity index (χ0) is 31.1. The molecule has 0 aliphatic heterocycles. The fourth-order valence-electron chi connectivity index (χ4n) is 7.47. The van der Waals surface area contributed by atoms with Crippen molar-refractivity contribution in [2.75, 3.05) is 0 Å². The SMILES string of the molecule is N#Cc1cc(-n2c3ccccc3c3cc4c(cc32)oc2ccccc24)ccc1-c1ccc(-n2c3ccccc3c3ccccc32)cc1. The van der Waals surface area contributed by atoms with Crippen molar-refractivity contribution >= 4 is 65.6 Å². The van der Waals surface area contributed by atoms with Crippen LogP contribution in [-0.2, 0) is 0 Å². The van der Waals surface area contributed by atoms with E-state index >= 15 is 0 Å². The smallest absolute Gasteiger partial charge is 0.137 e. The van der Waals surface area contributed by atoms with Gasteiger partial charge in [0.1, 0.15) is 11.2 Å². The molecule has 0 N–H and O–H groups in total. The highest BCUT2D eigenvalue weighted by atomic mass is 16.3. The minimum Gasteiger partial charge on any atom is -0.456 e. The zero-order valence-electron chi connectivity index (χ0n) is 25.2. The number of fused-ring (bicyclic) bond motifs is 9. The Balaban J connectivity index is 1.11. The van der Waals surface area contributed by atoms with E-state index in [0.717, 1.165) is 66.2 Å². The summed E-state index contributed by atoms with van der Waals surface area (Å²) < 4.78 is 10.8. The molecule has 0 spiro atoms. The van der Waals surface area contributed by atoms with Gasteiger partial charge in [0.05, 0.1) is 33.7 Å². The van der Waals surface area contributed by atoms with E-state index in [1.807, 2.05) is 24.3 Å². The lowest BCUT2D eigenvalue weighted by atomic mass is 9.99. The maximum absolute atomic E-state index is 10.4. The van der Waals surface area contributed by atoms with Gasteiger partial charge in [0.2, 0.25) is 0 Å². The fraction of sp³-hybridized carbons (Fsp3) is 0. The summed E-state index contributed by atoms with van der Waals surface area (Å²) in [5, 5.41) is 17.4. The van der Waals surface area contributed by atoms with E-state index in [0.29, 0.717) is 5.56 Å². The maximum atomic E-state index is 10.4. The predicted octanol–water partition coefficient (Wildman–Crippen LogP) is 11.3. The molecule has 0 saturated carbocycles. The molecule has 0 bridgehead atoms. The summed E-state index contributed by atoms with van der Waals surface area (Å²) in [4.78, 5) is 0. The van der Waals surface area contributed by atoms with Crippen molar-refractivity contribution in [2.24, 2.45) is 0 Å². The van der Waals surface area contributed by atoms with Crippen LogP contribution >= 0.6 is 0 Å². The van der Waals surface area contributed by atoms with Crippen molar-refractivity contribution in [3.05, 3.63) is 157 Å². The number of nitriles is 1. The molecule has 0 unspecified atom stereocenters. The Labute approximate surface area is 269 Å². The normalized spacial score (nSPS) is 11.8. The number of nitrogens with zero attached hydrogens (tertiary/aromatic N) is 3. The second-order valence-corrected chi connectivity index (χ2v) is 12.1. The maximum Gasteiger partial charge on any atom is 0.137 e. The highest BCUT2D eigenvalue weighted by Gasteiger charge is 2.18. The molecule has 218 valence electrons. The van der Waals surface area contributed by atoms with Crippen molar-refractivity contribution in [1.82, 2.24) is 9.13 Å². The summed E-state index contributed by atoms with van der Waals surface area (Å²) >= 11 is 0. The highest BCUT2D eigenvalue weighted by molar-refractivity contribution is 6.17. The van der Waals surface area contributed by atoms with Crippen LogP contribution in [0.3, 0.4) is 0 Å². The first kappa shape index (κ1) is 25.7. The van der Waals surface area contributed by atoms with Crippen molar-refractivity contribution in [3.8, 4) is 28.6 Å². The van der Waals surface area contributed by atoms with Crippen molar-refractivity contribution < 1.29 is 4.42 Å².